The summed E-state index contributed by atoms with van der Waals surface area (Å²) in [4.78, 5) is 26.6. The van der Waals surface area contributed by atoms with E-state index in [1.807, 2.05) is 6.07 Å². The molecule has 0 fully saturated rings. The molecule has 3 rings (SSSR count). The lowest BCUT2D eigenvalue weighted by Crippen LogP contribution is -2.31. The molecule has 6 heteroatoms. The van der Waals surface area contributed by atoms with Crippen LogP contribution < -0.4 is 9.64 Å². The molecule has 0 aliphatic carbocycles. The van der Waals surface area contributed by atoms with Crippen LogP contribution >= 0.6 is 0 Å². The van der Waals surface area contributed by atoms with Crippen LogP contribution in [-0.4, -0.2) is 30.7 Å². The number of rotatable bonds is 5. The third kappa shape index (κ3) is 3.01. The summed E-state index contributed by atoms with van der Waals surface area (Å²) >= 11 is 0. The van der Waals surface area contributed by atoms with Crippen LogP contribution in [0.5, 0.6) is 5.75 Å². The fourth-order valence-corrected chi connectivity index (χ4v) is 2.98. The van der Waals surface area contributed by atoms with E-state index in [2.05, 4.69) is 0 Å². The number of aliphatic hydroxyl groups excluding tert-OH is 1. The minimum atomic E-state index is -0.783. The van der Waals surface area contributed by atoms with Gasteiger partial charge in [-0.05, 0) is 36.8 Å². The van der Waals surface area contributed by atoms with Gasteiger partial charge in [0, 0.05) is 5.69 Å². The summed E-state index contributed by atoms with van der Waals surface area (Å²) in [7, 11) is 1.56. The van der Waals surface area contributed by atoms with Crippen LogP contribution in [0, 0.1) is 0 Å². The Labute approximate surface area is 151 Å². The molecule has 1 aliphatic heterocycles. The molecule has 0 saturated heterocycles. The van der Waals surface area contributed by atoms with Gasteiger partial charge in [-0.2, -0.15) is 0 Å². The van der Waals surface area contributed by atoms with E-state index in [0.29, 0.717) is 17.0 Å². The number of aliphatic hydroxyl groups is 1. The average molecular weight is 353 g/mol. The molecule has 134 valence electrons. The average Bonchev–Trinajstić information content (AvgIpc) is 2.94. The van der Waals surface area contributed by atoms with Crippen molar-refractivity contribution in [3.63, 3.8) is 0 Å². The molecule has 1 N–H and O–H groups in total. The molecular weight excluding hydrogens is 334 g/mol. The predicted molar refractivity (Wildman–Crippen MR) is 96.0 cm³/mol. The second-order valence-corrected chi connectivity index (χ2v) is 5.67. The number of benzene rings is 2. The molecule has 2 aromatic carbocycles. The first-order chi connectivity index (χ1) is 12.6. The Balaban J connectivity index is 2.12. The van der Waals surface area contributed by atoms with Crippen molar-refractivity contribution in [3.8, 4) is 5.75 Å². The normalized spacial score (nSPS) is 16.8. The molecule has 1 unspecified atom stereocenters. The Hall–Kier alpha value is -3.28. The summed E-state index contributed by atoms with van der Waals surface area (Å²) in [6.45, 7) is 1.81. The van der Waals surface area contributed by atoms with Gasteiger partial charge in [0.05, 0.1) is 19.8 Å². The molecule has 2 aromatic rings. The summed E-state index contributed by atoms with van der Waals surface area (Å²) in [5, 5.41) is 10.4. The van der Waals surface area contributed by atoms with Gasteiger partial charge in [-0.15, -0.1) is 0 Å². The highest BCUT2D eigenvalue weighted by atomic mass is 16.5. The maximum atomic E-state index is 12.7. The number of carbonyl (C=O) groups is 2. The number of hydrogen-bond acceptors (Lipinski definition) is 5. The number of anilines is 1. The van der Waals surface area contributed by atoms with Gasteiger partial charge >= 0.3 is 5.97 Å². The molecule has 1 amide bonds. The number of hydrogen-bond donors (Lipinski definition) is 1. The molecule has 26 heavy (non-hydrogen) atoms. The molecule has 0 bridgehead atoms. The quantitative estimate of drug-likeness (QED) is 0.836. The summed E-state index contributed by atoms with van der Waals surface area (Å²) in [5.41, 5.74) is 1.17. The fraction of sp³-hybridized carbons (Fsp3) is 0.200. The van der Waals surface area contributed by atoms with Gasteiger partial charge in [-0.1, -0.05) is 30.3 Å². The Bertz CT molecular complexity index is 842. The Kier molecular flexibility index (Phi) is 4.93. The third-order valence-electron chi connectivity index (χ3n) is 4.17. The van der Waals surface area contributed by atoms with E-state index in [4.69, 9.17) is 9.47 Å². The first kappa shape index (κ1) is 17.5. The molecule has 0 radical (unpaired) electrons. The lowest BCUT2D eigenvalue weighted by molar-refractivity contribution is -0.139. The van der Waals surface area contributed by atoms with Crippen molar-refractivity contribution in [2.75, 3.05) is 18.6 Å². The van der Waals surface area contributed by atoms with Crippen LogP contribution in [0.25, 0.3) is 0 Å². The maximum absolute atomic E-state index is 12.7. The number of amides is 1. The third-order valence-corrected chi connectivity index (χ3v) is 4.17. The number of esters is 1. The van der Waals surface area contributed by atoms with E-state index in [1.54, 1.807) is 62.6 Å². The summed E-state index contributed by atoms with van der Waals surface area (Å²) < 4.78 is 10.2. The highest BCUT2D eigenvalue weighted by molar-refractivity contribution is 6.15. The van der Waals surface area contributed by atoms with Crippen molar-refractivity contribution in [2.24, 2.45) is 0 Å². The summed E-state index contributed by atoms with van der Waals surface area (Å²) in [6.07, 6.45) is 0. The topological polar surface area (TPSA) is 76.1 Å². The van der Waals surface area contributed by atoms with Crippen LogP contribution in [0.3, 0.4) is 0 Å². The molecule has 1 aliphatic rings. The Morgan fingerprint density at radius 3 is 2.35 bits per heavy atom. The van der Waals surface area contributed by atoms with Crippen molar-refractivity contribution in [2.45, 2.75) is 13.0 Å². The highest BCUT2D eigenvalue weighted by Crippen LogP contribution is 2.41. The molecule has 0 spiro atoms. The number of methoxy groups -OCH3 is 1. The molecule has 1 atom stereocenters. The number of carbonyl (C=O) groups excluding carboxylic acids is 2. The van der Waals surface area contributed by atoms with Crippen LogP contribution in [-0.2, 0) is 14.3 Å². The zero-order chi connectivity index (χ0) is 18.7. The SMILES string of the molecule is CCOC(=O)C1=C(O)C(=O)N(c2ccccc2)C1c1ccc(OC)cc1. The summed E-state index contributed by atoms with van der Waals surface area (Å²) in [6, 6.07) is 15.1. The largest absolute Gasteiger partial charge is 0.503 e. The van der Waals surface area contributed by atoms with Gasteiger partial charge in [0.2, 0.25) is 0 Å². The molecule has 1 heterocycles. The maximum Gasteiger partial charge on any atom is 0.340 e. The smallest absolute Gasteiger partial charge is 0.340 e. The fourth-order valence-electron chi connectivity index (χ4n) is 2.98. The monoisotopic (exact) mass is 353 g/mol. The first-order valence-electron chi connectivity index (χ1n) is 8.21. The first-order valence-corrected chi connectivity index (χ1v) is 8.21. The van der Waals surface area contributed by atoms with Crippen LogP contribution in [0.15, 0.2) is 65.9 Å². The summed E-state index contributed by atoms with van der Waals surface area (Å²) in [5.74, 6) is -1.29. The van der Waals surface area contributed by atoms with Gasteiger partial charge < -0.3 is 14.6 Å². The van der Waals surface area contributed by atoms with Crippen LogP contribution in [0.4, 0.5) is 5.69 Å². The second kappa shape index (κ2) is 7.31. The zero-order valence-corrected chi connectivity index (χ0v) is 14.5. The number of para-hydroxylation sites is 1. The van der Waals surface area contributed by atoms with E-state index in [9.17, 15) is 14.7 Å². The predicted octanol–water partition coefficient (Wildman–Crippen LogP) is 3.16. The van der Waals surface area contributed by atoms with Gasteiger partial charge in [-0.25, -0.2) is 4.79 Å². The van der Waals surface area contributed by atoms with Crippen LogP contribution in [0.2, 0.25) is 0 Å². The van der Waals surface area contributed by atoms with Crippen molar-refractivity contribution in [1.29, 1.82) is 0 Å². The lowest BCUT2D eigenvalue weighted by atomic mass is 9.98. The highest BCUT2D eigenvalue weighted by Gasteiger charge is 2.45. The standard InChI is InChI=1S/C20H19NO5/c1-3-26-20(24)16-17(13-9-11-15(25-2)12-10-13)21(19(23)18(16)22)14-7-5-4-6-8-14/h4-12,17,22H,3H2,1-2H3. The molecule has 0 saturated carbocycles. The lowest BCUT2D eigenvalue weighted by Gasteiger charge is -2.26. The number of nitrogens with zero attached hydrogens (tertiary/aromatic N) is 1. The van der Waals surface area contributed by atoms with Gasteiger partial charge in [0.1, 0.15) is 11.3 Å². The molecular formula is C20H19NO5. The number of ether oxygens (including phenoxy) is 2. The van der Waals surface area contributed by atoms with E-state index < -0.39 is 23.7 Å². The van der Waals surface area contributed by atoms with E-state index in [1.165, 1.54) is 4.90 Å². The molecule has 6 nitrogen and oxygen atoms in total. The second-order valence-electron chi connectivity index (χ2n) is 5.67. The van der Waals surface area contributed by atoms with Gasteiger partial charge in [-0.3, -0.25) is 9.69 Å². The van der Waals surface area contributed by atoms with Crippen LogP contribution in [0.1, 0.15) is 18.5 Å². The van der Waals surface area contributed by atoms with E-state index in [0.717, 1.165) is 0 Å². The zero-order valence-electron chi connectivity index (χ0n) is 14.5. The minimum Gasteiger partial charge on any atom is -0.503 e. The van der Waals surface area contributed by atoms with E-state index >= 15 is 0 Å². The van der Waals surface area contributed by atoms with Crippen molar-refractivity contribution < 1.29 is 24.2 Å². The van der Waals surface area contributed by atoms with Crippen molar-refractivity contribution in [1.82, 2.24) is 0 Å². The van der Waals surface area contributed by atoms with E-state index in [-0.39, 0.29) is 12.2 Å². The van der Waals surface area contributed by atoms with Crippen molar-refractivity contribution >= 4 is 17.6 Å². The van der Waals surface area contributed by atoms with Gasteiger partial charge in [0.25, 0.3) is 5.91 Å². The molecule has 0 aromatic heterocycles. The van der Waals surface area contributed by atoms with Gasteiger partial charge in [0.15, 0.2) is 5.76 Å². The minimum absolute atomic E-state index is 0.0640. The van der Waals surface area contributed by atoms with Crippen molar-refractivity contribution in [3.05, 3.63) is 71.5 Å². The Morgan fingerprint density at radius 2 is 1.77 bits per heavy atom. The Morgan fingerprint density at radius 1 is 1.12 bits per heavy atom.